The van der Waals surface area contributed by atoms with Gasteiger partial charge in [-0.3, -0.25) is 19.5 Å². The van der Waals surface area contributed by atoms with Gasteiger partial charge in [-0.1, -0.05) is 41.6 Å². The summed E-state index contributed by atoms with van der Waals surface area (Å²) >= 11 is 0. The number of anilines is 1. The molecule has 0 atom stereocenters. The predicted octanol–water partition coefficient (Wildman–Crippen LogP) is 4.44. The van der Waals surface area contributed by atoms with E-state index in [9.17, 15) is 9.59 Å². The molecule has 0 radical (unpaired) electrons. The first-order valence-corrected chi connectivity index (χ1v) is 13.2. The molecule has 38 heavy (non-hydrogen) atoms. The van der Waals surface area contributed by atoms with Crippen LogP contribution in [-0.4, -0.2) is 57.9 Å². The first-order valence-electron chi connectivity index (χ1n) is 13.2. The van der Waals surface area contributed by atoms with Crippen molar-refractivity contribution in [2.24, 2.45) is 0 Å². The Hall–Kier alpha value is -4.04. The van der Waals surface area contributed by atoms with Gasteiger partial charge >= 0.3 is 0 Å². The monoisotopic (exact) mass is 511 g/mol. The van der Waals surface area contributed by atoms with E-state index in [0.29, 0.717) is 30.9 Å². The number of rotatable bonds is 4. The van der Waals surface area contributed by atoms with Crippen LogP contribution in [-0.2, 0) is 29.1 Å². The minimum Gasteiger partial charge on any atom is -0.356 e. The first kappa shape index (κ1) is 25.6. The van der Waals surface area contributed by atoms with Crippen molar-refractivity contribution < 1.29 is 14.1 Å². The van der Waals surface area contributed by atoms with Gasteiger partial charge in [0.1, 0.15) is 5.69 Å². The lowest BCUT2D eigenvalue weighted by atomic mass is 10.1. The number of para-hydroxylation sites is 2. The number of fused-ring (bicyclic) bond motifs is 2. The number of nitrogens with zero attached hydrogens (tertiary/aromatic N) is 5. The number of aromatic nitrogens is 2. The number of amides is 2. The Morgan fingerprint density at radius 3 is 2.53 bits per heavy atom. The van der Waals surface area contributed by atoms with Gasteiger partial charge in [0.15, 0.2) is 5.58 Å². The zero-order valence-corrected chi connectivity index (χ0v) is 21.8. The van der Waals surface area contributed by atoms with E-state index in [2.05, 4.69) is 21.1 Å². The third kappa shape index (κ3) is 6.08. The number of hydrogen-bond donors (Lipinski definition) is 0. The van der Waals surface area contributed by atoms with Crippen molar-refractivity contribution >= 4 is 28.5 Å². The van der Waals surface area contributed by atoms with E-state index in [4.69, 9.17) is 4.52 Å². The molecule has 0 fully saturated rings. The fourth-order valence-corrected chi connectivity index (χ4v) is 5.13. The molecule has 1 aliphatic heterocycles. The molecular formula is C30H33N5O3. The van der Waals surface area contributed by atoms with E-state index < -0.39 is 0 Å². The van der Waals surface area contributed by atoms with Crippen molar-refractivity contribution in [1.29, 1.82) is 0 Å². The third-order valence-electron chi connectivity index (χ3n) is 7.03. The maximum Gasteiger partial charge on any atom is 0.229 e. The summed E-state index contributed by atoms with van der Waals surface area (Å²) in [6.45, 7) is 5.73. The van der Waals surface area contributed by atoms with Crippen LogP contribution in [0.2, 0.25) is 0 Å². The molecule has 0 bridgehead atoms. The summed E-state index contributed by atoms with van der Waals surface area (Å²) in [5, 5.41) is 5.04. The summed E-state index contributed by atoms with van der Waals surface area (Å²) in [7, 11) is 0. The average Bonchev–Trinajstić information content (AvgIpc) is 3.33. The predicted molar refractivity (Wildman–Crippen MR) is 146 cm³/mol. The first-order chi connectivity index (χ1) is 18.6. The van der Waals surface area contributed by atoms with E-state index in [0.717, 1.165) is 54.7 Å². The summed E-state index contributed by atoms with van der Waals surface area (Å²) in [4.78, 5) is 36.8. The molecular weight excluding hydrogens is 478 g/mol. The normalized spacial score (nSPS) is 15.5. The maximum absolute atomic E-state index is 13.7. The highest BCUT2D eigenvalue weighted by atomic mass is 16.5. The standard InChI is InChI=1S/C30H33N5O3/c1-23(36)35-18-8-16-33(21-24-9-6-14-31-20-24)15-7-17-34(22-25-10-2-4-12-28(25)35)30(37)19-27-26-11-3-5-13-29(26)38-32-27/h2-6,9-14,20H,7-8,15-19,21-22H2,1H3. The lowest BCUT2D eigenvalue weighted by molar-refractivity contribution is -0.131. The fraction of sp³-hybridized carbons (Fsp3) is 0.333. The Kier molecular flexibility index (Phi) is 8.09. The molecule has 2 aromatic heterocycles. The second-order valence-corrected chi connectivity index (χ2v) is 9.76. The Morgan fingerprint density at radius 1 is 0.921 bits per heavy atom. The molecule has 2 amide bonds. The summed E-state index contributed by atoms with van der Waals surface area (Å²) < 4.78 is 5.44. The zero-order valence-electron chi connectivity index (χ0n) is 21.8. The van der Waals surface area contributed by atoms with Gasteiger partial charge in [-0.05, 0) is 48.2 Å². The van der Waals surface area contributed by atoms with E-state index >= 15 is 0 Å². The molecule has 2 aromatic carbocycles. The van der Waals surface area contributed by atoms with Gasteiger partial charge in [-0.2, -0.15) is 0 Å². The van der Waals surface area contributed by atoms with Crippen molar-refractivity contribution in [1.82, 2.24) is 19.9 Å². The van der Waals surface area contributed by atoms with Gasteiger partial charge in [0.25, 0.3) is 0 Å². The van der Waals surface area contributed by atoms with Crippen LogP contribution in [0.4, 0.5) is 5.69 Å². The number of benzene rings is 2. The highest BCUT2D eigenvalue weighted by molar-refractivity contribution is 5.92. The molecule has 4 aromatic rings. The van der Waals surface area contributed by atoms with Crippen LogP contribution in [0, 0.1) is 0 Å². The van der Waals surface area contributed by atoms with Crippen LogP contribution in [0.3, 0.4) is 0 Å². The van der Waals surface area contributed by atoms with Crippen molar-refractivity contribution in [3.63, 3.8) is 0 Å². The van der Waals surface area contributed by atoms with Crippen LogP contribution in [0.1, 0.15) is 36.6 Å². The molecule has 5 rings (SSSR count). The van der Waals surface area contributed by atoms with E-state index in [1.165, 1.54) is 0 Å². The minimum absolute atomic E-state index is 0.000243. The second-order valence-electron chi connectivity index (χ2n) is 9.76. The Labute approximate surface area is 222 Å². The molecule has 3 heterocycles. The van der Waals surface area contributed by atoms with Gasteiger partial charge in [0.05, 0.1) is 6.42 Å². The molecule has 0 spiro atoms. The van der Waals surface area contributed by atoms with Crippen molar-refractivity contribution in [2.75, 3.05) is 31.1 Å². The van der Waals surface area contributed by atoms with Crippen molar-refractivity contribution in [3.05, 3.63) is 89.9 Å². The number of carbonyl (C=O) groups excluding carboxylic acids is 2. The molecule has 0 unspecified atom stereocenters. The lowest BCUT2D eigenvalue weighted by Crippen LogP contribution is -2.38. The molecule has 0 saturated carbocycles. The Morgan fingerprint density at radius 2 is 1.71 bits per heavy atom. The van der Waals surface area contributed by atoms with Crippen LogP contribution >= 0.6 is 0 Å². The van der Waals surface area contributed by atoms with Crippen molar-refractivity contribution in [2.45, 2.75) is 39.3 Å². The molecule has 8 heteroatoms. The highest BCUT2D eigenvalue weighted by Gasteiger charge is 2.23. The van der Waals surface area contributed by atoms with Gasteiger partial charge in [0, 0.05) is 69.7 Å². The van der Waals surface area contributed by atoms with E-state index in [-0.39, 0.29) is 18.2 Å². The Bertz CT molecular complexity index is 1390. The van der Waals surface area contributed by atoms with Crippen LogP contribution in [0.25, 0.3) is 11.0 Å². The molecule has 8 nitrogen and oxygen atoms in total. The van der Waals surface area contributed by atoms with Gasteiger partial charge in [0.2, 0.25) is 11.8 Å². The molecule has 0 N–H and O–H groups in total. The summed E-state index contributed by atoms with van der Waals surface area (Å²) in [5.41, 5.74) is 4.31. The topological polar surface area (TPSA) is 82.8 Å². The quantitative estimate of drug-likeness (QED) is 0.403. The highest BCUT2D eigenvalue weighted by Crippen LogP contribution is 2.25. The van der Waals surface area contributed by atoms with E-state index in [1.54, 1.807) is 13.1 Å². The second kappa shape index (κ2) is 12.0. The van der Waals surface area contributed by atoms with Gasteiger partial charge in [-0.25, -0.2) is 0 Å². The zero-order chi connectivity index (χ0) is 26.3. The van der Waals surface area contributed by atoms with Crippen LogP contribution < -0.4 is 4.90 Å². The molecule has 1 aliphatic rings. The SMILES string of the molecule is CC(=O)N1CCCN(Cc2cccnc2)CCCN(C(=O)Cc2noc3ccccc23)Cc2ccccc21. The summed E-state index contributed by atoms with van der Waals surface area (Å²) in [6, 6.07) is 19.5. The summed E-state index contributed by atoms with van der Waals surface area (Å²) in [5.74, 6) is -0.00985. The maximum atomic E-state index is 13.7. The largest absolute Gasteiger partial charge is 0.356 e. The van der Waals surface area contributed by atoms with Crippen LogP contribution in [0.15, 0.2) is 77.6 Å². The number of carbonyl (C=O) groups is 2. The number of hydrogen-bond acceptors (Lipinski definition) is 6. The van der Waals surface area contributed by atoms with Gasteiger partial charge in [-0.15, -0.1) is 0 Å². The summed E-state index contributed by atoms with van der Waals surface area (Å²) in [6.07, 6.45) is 5.53. The number of pyridine rings is 1. The lowest BCUT2D eigenvalue weighted by Gasteiger charge is -2.31. The van der Waals surface area contributed by atoms with Gasteiger partial charge < -0.3 is 14.3 Å². The van der Waals surface area contributed by atoms with E-state index in [1.807, 2.05) is 70.6 Å². The Balaban J connectivity index is 1.41. The van der Waals surface area contributed by atoms with Crippen molar-refractivity contribution in [3.8, 4) is 0 Å². The molecule has 0 saturated heterocycles. The molecule has 196 valence electrons. The third-order valence-corrected chi connectivity index (χ3v) is 7.03. The smallest absolute Gasteiger partial charge is 0.229 e. The van der Waals surface area contributed by atoms with Crippen LogP contribution in [0.5, 0.6) is 0 Å². The minimum atomic E-state index is -0.0101. The molecule has 0 aliphatic carbocycles. The fourth-order valence-electron chi connectivity index (χ4n) is 5.13. The average molecular weight is 512 g/mol.